The number of benzene rings is 1. The average Bonchev–Trinajstić information content (AvgIpc) is 2.88. The summed E-state index contributed by atoms with van der Waals surface area (Å²) in [6, 6.07) is 4.68. The molecule has 1 aromatic rings. The Morgan fingerprint density at radius 1 is 1.48 bits per heavy atom. The lowest BCUT2D eigenvalue weighted by Crippen LogP contribution is -2.50. The number of aromatic carboxylic acids is 1. The number of carboxylic acid groups (broad SMARTS) is 1. The van der Waals surface area contributed by atoms with Gasteiger partial charge in [0.05, 0.1) is 16.2 Å². The van der Waals surface area contributed by atoms with Crippen LogP contribution in [0.1, 0.15) is 43.0 Å². The standard InChI is InChI=1S/C15H19ClN2O3/c1-2-7-15(8-4-9-17-15)14(21)18-11-6-3-5-10(16)12(11)13(19)20/h3,5-6,17H,2,4,7-9H2,1H3,(H,18,21)(H,19,20). The molecule has 1 heterocycles. The van der Waals surface area contributed by atoms with Crippen molar-refractivity contribution in [1.29, 1.82) is 0 Å². The third-order valence-corrected chi connectivity index (χ3v) is 4.15. The predicted molar refractivity (Wildman–Crippen MR) is 81.9 cm³/mol. The van der Waals surface area contributed by atoms with E-state index in [9.17, 15) is 14.7 Å². The SMILES string of the molecule is CCCC1(C(=O)Nc2cccc(Cl)c2C(=O)O)CCCN1. The summed E-state index contributed by atoms with van der Waals surface area (Å²) in [6.45, 7) is 2.83. The van der Waals surface area contributed by atoms with Gasteiger partial charge in [0.15, 0.2) is 0 Å². The minimum atomic E-state index is -1.15. The monoisotopic (exact) mass is 310 g/mol. The Bertz CT molecular complexity index is 554. The van der Waals surface area contributed by atoms with Crippen LogP contribution in [-0.4, -0.2) is 29.1 Å². The number of carboxylic acids is 1. The Hall–Kier alpha value is -1.59. The highest BCUT2D eigenvalue weighted by Crippen LogP contribution is 2.29. The van der Waals surface area contributed by atoms with Crippen LogP contribution in [0, 0.1) is 0 Å². The molecular weight excluding hydrogens is 292 g/mol. The lowest BCUT2D eigenvalue weighted by atomic mass is 9.90. The van der Waals surface area contributed by atoms with Gasteiger partial charge in [0, 0.05) is 0 Å². The topological polar surface area (TPSA) is 78.4 Å². The number of nitrogens with one attached hydrogen (secondary N) is 2. The van der Waals surface area contributed by atoms with E-state index >= 15 is 0 Å². The highest BCUT2D eigenvalue weighted by atomic mass is 35.5. The fourth-order valence-corrected chi connectivity index (χ4v) is 3.10. The molecule has 0 spiro atoms. The van der Waals surface area contributed by atoms with Crippen molar-refractivity contribution in [2.45, 2.75) is 38.1 Å². The van der Waals surface area contributed by atoms with Gasteiger partial charge in [-0.3, -0.25) is 4.79 Å². The zero-order valence-electron chi connectivity index (χ0n) is 11.9. The van der Waals surface area contributed by atoms with Gasteiger partial charge in [-0.05, 0) is 37.9 Å². The first-order valence-electron chi connectivity index (χ1n) is 7.08. The van der Waals surface area contributed by atoms with Crippen molar-refractivity contribution >= 4 is 29.2 Å². The molecule has 0 aliphatic carbocycles. The van der Waals surface area contributed by atoms with E-state index in [0.29, 0.717) is 0 Å². The van der Waals surface area contributed by atoms with Crippen LogP contribution in [0.25, 0.3) is 0 Å². The van der Waals surface area contributed by atoms with Crippen LogP contribution >= 0.6 is 11.6 Å². The van der Waals surface area contributed by atoms with E-state index in [-0.39, 0.29) is 22.2 Å². The van der Waals surface area contributed by atoms with Crippen LogP contribution in [0.15, 0.2) is 18.2 Å². The van der Waals surface area contributed by atoms with Crippen LogP contribution < -0.4 is 10.6 Å². The molecule has 1 atom stereocenters. The second kappa shape index (κ2) is 6.45. The predicted octanol–water partition coefficient (Wildman–Crippen LogP) is 2.90. The molecule has 0 bridgehead atoms. The van der Waals surface area contributed by atoms with Crippen molar-refractivity contribution in [3.8, 4) is 0 Å². The van der Waals surface area contributed by atoms with E-state index < -0.39 is 11.5 Å². The number of halogens is 1. The molecule has 5 nitrogen and oxygen atoms in total. The summed E-state index contributed by atoms with van der Waals surface area (Å²) in [5, 5.41) is 15.4. The van der Waals surface area contributed by atoms with Crippen LogP contribution in [0.4, 0.5) is 5.69 Å². The highest BCUT2D eigenvalue weighted by molar-refractivity contribution is 6.34. The summed E-state index contributed by atoms with van der Waals surface area (Å²) < 4.78 is 0. The Morgan fingerprint density at radius 2 is 2.24 bits per heavy atom. The molecule has 6 heteroatoms. The molecule has 2 rings (SSSR count). The summed E-state index contributed by atoms with van der Waals surface area (Å²) in [5.41, 5.74) is -0.436. The minimum absolute atomic E-state index is 0.0721. The van der Waals surface area contributed by atoms with Crippen molar-refractivity contribution in [3.05, 3.63) is 28.8 Å². The Labute approximate surface area is 128 Å². The van der Waals surface area contributed by atoms with Gasteiger partial charge in [0.25, 0.3) is 0 Å². The molecule has 1 amide bonds. The molecule has 1 fully saturated rings. The number of hydrogen-bond donors (Lipinski definition) is 3. The molecule has 1 aliphatic rings. The summed E-state index contributed by atoms with van der Waals surface area (Å²) in [6.07, 6.45) is 3.30. The van der Waals surface area contributed by atoms with E-state index in [1.165, 1.54) is 6.07 Å². The summed E-state index contributed by atoms with van der Waals surface area (Å²) in [4.78, 5) is 23.9. The lowest BCUT2D eigenvalue weighted by molar-refractivity contribution is -0.122. The van der Waals surface area contributed by atoms with Crippen molar-refractivity contribution < 1.29 is 14.7 Å². The smallest absolute Gasteiger partial charge is 0.339 e. The number of rotatable bonds is 5. The van der Waals surface area contributed by atoms with E-state index in [0.717, 1.165) is 32.2 Å². The van der Waals surface area contributed by atoms with Gasteiger partial charge < -0.3 is 15.7 Å². The molecule has 21 heavy (non-hydrogen) atoms. The van der Waals surface area contributed by atoms with Crippen LogP contribution in [0.2, 0.25) is 5.02 Å². The first-order valence-corrected chi connectivity index (χ1v) is 7.46. The van der Waals surface area contributed by atoms with Gasteiger partial charge in [-0.1, -0.05) is 31.0 Å². The normalized spacial score (nSPS) is 21.2. The quantitative estimate of drug-likeness (QED) is 0.781. The van der Waals surface area contributed by atoms with Gasteiger partial charge in [0.2, 0.25) is 5.91 Å². The zero-order chi connectivity index (χ0) is 15.5. The zero-order valence-corrected chi connectivity index (χ0v) is 12.7. The van der Waals surface area contributed by atoms with Crippen molar-refractivity contribution in [2.75, 3.05) is 11.9 Å². The van der Waals surface area contributed by atoms with Crippen LogP contribution in [0.3, 0.4) is 0 Å². The molecule has 0 radical (unpaired) electrons. The third-order valence-electron chi connectivity index (χ3n) is 3.83. The van der Waals surface area contributed by atoms with Gasteiger partial charge >= 0.3 is 5.97 Å². The van der Waals surface area contributed by atoms with Crippen molar-refractivity contribution in [3.63, 3.8) is 0 Å². The van der Waals surface area contributed by atoms with Gasteiger partial charge in [-0.15, -0.1) is 0 Å². The maximum absolute atomic E-state index is 12.6. The second-order valence-electron chi connectivity index (χ2n) is 5.28. The third kappa shape index (κ3) is 3.19. The minimum Gasteiger partial charge on any atom is -0.478 e. The molecule has 1 saturated heterocycles. The molecule has 3 N–H and O–H groups in total. The molecule has 0 saturated carbocycles. The van der Waals surface area contributed by atoms with E-state index in [1.54, 1.807) is 12.1 Å². The molecule has 0 aromatic heterocycles. The largest absolute Gasteiger partial charge is 0.478 e. The molecular formula is C15H19ClN2O3. The second-order valence-corrected chi connectivity index (χ2v) is 5.69. The van der Waals surface area contributed by atoms with E-state index in [4.69, 9.17) is 11.6 Å². The first kappa shape index (κ1) is 15.8. The molecule has 1 unspecified atom stereocenters. The highest BCUT2D eigenvalue weighted by Gasteiger charge is 2.40. The Kier molecular flexibility index (Phi) is 4.85. The number of hydrogen-bond acceptors (Lipinski definition) is 3. The van der Waals surface area contributed by atoms with E-state index in [2.05, 4.69) is 10.6 Å². The average molecular weight is 311 g/mol. The first-order chi connectivity index (χ1) is 10.00. The van der Waals surface area contributed by atoms with Crippen LogP contribution in [-0.2, 0) is 4.79 Å². The van der Waals surface area contributed by atoms with Crippen molar-refractivity contribution in [2.24, 2.45) is 0 Å². The number of amides is 1. The lowest BCUT2D eigenvalue weighted by Gasteiger charge is -2.28. The fraction of sp³-hybridized carbons (Fsp3) is 0.467. The maximum Gasteiger partial charge on any atom is 0.339 e. The van der Waals surface area contributed by atoms with Gasteiger partial charge in [-0.25, -0.2) is 4.79 Å². The summed E-state index contributed by atoms with van der Waals surface area (Å²) >= 11 is 5.92. The van der Waals surface area contributed by atoms with Crippen LogP contribution in [0.5, 0.6) is 0 Å². The van der Waals surface area contributed by atoms with Gasteiger partial charge in [-0.2, -0.15) is 0 Å². The molecule has 114 valence electrons. The maximum atomic E-state index is 12.6. The molecule has 1 aliphatic heterocycles. The van der Waals surface area contributed by atoms with E-state index in [1.807, 2.05) is 6.92 Å². The fourth-order valence-electron chi connectivity index (χ4n) is 2.84. The Balaban J connectivity index is 2.27. The molecule has 1 aromatic carbocycles. The van der Waals surface area contributed by atoms with Gasteiger partial charge in [0.1, 0.15) is 5.56 Å². The Morgan fingerprint density at radius 3 is 2.81 bits per heavy atom. The summed E-state index contributed by atoms with van der Waals surface area (Å²) in [7, 11) is 0. The number of carbonyl (C=O) groups is 2. The summed E-state index contributed by atoms with van der Waals surface area (Å²) in [5.74, 6) is -1.34. The van der Waals surface area contributed by atoms with Crippen molar-refractivity contribution in [1.82, 2.24) is 5.32 Å². The number of anilines is 1. The number of carbonyl (C=O) groups excluding carboxylic acids is 1.